The van der Waals surface area contributed by atoms with Crippen molar-refractivity contribution < 1.29 is 19.0 Å². The number of nitrogens with one attached hydrogen (secondary N) is 1. The summed E-state index contributed by atoms with van der Waals surface area (Å²) in [4.78, 5) is 15.3. The smallest absolute Gasteiger partial charge is 0.230 e. The second-order valence-electron chi connectivity index (χ2n) is 9.87. The second kappa shape index (κ2) is 15.7. The van der Waals surface area contributed by atoms with Crippen molar-refractivity contribution in [2.45, 2.75) is 51.5 Å². The van der Waals surface area contributed by atoms with Crippen LogP contribution >= 0.6 is 0 Å². The fraction of sp³-hybridized carbons (Fsp3) is 0.424. The summed E-state index contributed by atoms with van der Waals surface area (Å²) in [6, 6.07) is 4.20. The highest BCUT2D eigenvalue weighted by Crippen LogP contribution is 2.35. The van der Waals surface area contributed by atoms with E-state index in [4.69, 9.17) is 14.2 Å². The Morgan fingerprint density at radius 3 is 2.38 bits per heavy atom. The number of nitrogens with zero attached hydrogens (tertiary/aromatic N) is 2. The number of ether oxygens (including phenoxy) is 3. The molecule has 1 aromatic heterocycles. The van der Waals surface area contributed by atoms with Gasteiger partial charge in [-0.1, -0.05) is 38.2 Å². The normalized spacial score (nSPS) is 23.0. The second-order valence-corrected chi connectivity index (χ2v) is 9.87. The minimum atomic E-state index is -0.269. The standard InChI is InChI=1S/C25H31N3O4.C8H14/c1-30-20-6-4-12-27-13-5-7-23(27)25(26-11-8-20)9-14-28(15-10-25)24(29)19-16-21(31-2)18-22(17-19)32-3;1-3-5-7-8-6-4-2/h4-8,11-13,16,18-19,26H,9-10,14-15,17H2,1-3H3;5-8H,3-4H2,1-2H3/b11-8+,12-4+,20-6+;7-5-,8-6-. The van der Waals surface area contributed by atoms with Gasteiger partial charge >= 0.3 is 0 Å². The molecule has 1 atom stereocenters. The third kappa shape index (κ3) is 8.07. The van der Waals surface area contributed by atoms with Crippen LogP contribution in [0.4, 0.5) is 0 Å². The van der Waals surface area contributed by atoms with Gasteiger partial charge < -0.3 is 29.0 Å². The van der Waals surface area contributed by atoms with Crippen LogP contribution in [0.15, 0.2) is 96.5 Å². The fourth-order valence-corrected chi connectivity index (χ4v) is 5.05. The minimum Gasteiger partial charge on any atom is -0.501 e. The summed E-state index contributed by atoms with van der Waals surface area (Å²) >= 11 is 0. The number of hydrogen-bond acceptors (Lipinski definition) is 5. The highest BCUT2D eigenvalue weighted by atomic mass is 16.5. The van der Waals surface area contributed by atoms with E-state index in [0.29, 0.717) is 25.3 Å². The van der Waals surface area contributed by atoms with Crippen LogP contribution in [0.3, 0.4) is 0 Å². The minimum absolute atomic E-state index is 0.118. The number of amides is 1. The highest BCUT2D eigenvalue weighted by Gasteiger charge is 2.40. The molecule has 1 aromatic rings. The van der Waals surface area contributed by atoms with Crippen molar-refractivity contribution in [3.8, 4) is 0 Å². The van der Waals surface area contributed by atoms with Gasteiger partial charge in [-0.15, -0.1) is 0 Å². The topological polar surface area (TPSA) is 65.0 Å². The summed E-state index contributed by atoms with van der Waals surface area (Å²) in [7, 11) is 4.90. The van der Waals surface area contributed by atoms with E-state index in [-0.39, 0.29) is 17.4 Å². The van der Waals surface area contributed by atoms with E-state index in [1.54, 1.807) is 21.3 Å². The summed E-state index contributed by atoms with van der Waals surface area (Å²) in [5.41, 5.74) is 0.915. The molecule has 40 heavy (non-hydrogen) atoms. The number of methoxy groups -OCH3 is 3. The molecule has 2 aliphatic heterocycles. The Kier molecular flexibility index (Phi) is 12.0. The third-order valence-electron chi connectivity index (χ3n) is 7.31. The lowest BCUT2D eigenvalue weighted by atomic mass is 9.83. The van der Waals surface area contributed by atoms with Gasteiger partial charge in [-0.25, -0.2) is 0 Å². The molecule has 0 bridgehead atoms. The van der Waals surface area contributed by atoms with Crippen molar-refractivity contribution >= 4 is 12.1 Å². The first-order valence-electron chi connectivity index (χ1n) is 14.1. The van der Waals surface area contributed by atoms with Crippen LogP contribution in [0.2, 0.25) is 0 Å². The number of carbonyl (C=O) groups excluding carboxylic acids is 1. The molecule has 3 heterocycles. The molecule has 4 rings (SSSR count). The molecule has 1 saturated heterocycles. The number of carbonyl (C=O) groups is 1. The summed E-state index contributed by atoms with van der Waals surface area (Å²) in [6.07, 6.45) is 28.5. The Bertz CT molecular complexity index is 1160. The zero-order valence-corrected chi connectivity index (χ0v) is 24.6. The lowest BCUT2D eigenvalue weighted by molar-refractivity contribution is -0.136. The highest BCUT2D eigenvalue weighted by molar-refractivity contribution is 5.81. The van der Waals surface area contributed by atoms with E-state index in [2.05, 4.69) is 66.4 Å². The molecule has 0 radical (unpaired) electrons. The Morgan fingerprint density at radius 1 is 1.05 bits per heavy atom. The zero-order valence-electron chi connectivity index (χ0n) is 24.6. The quantitative estimate of drug-likeness (QED) is 0.399. The molecule has 7 heteroatoms. The molecule has 1 spiro atoms. The first-order chi connectivity index (χ1) is 19.5. The summed E-state index contributed by atoms with van der Waals surface area (Å²) in [6.45, 7) is 5.60. The number of rotatable bonds is 7. The molecule has 216 valence electrons. The molecule has 3 aliphatic rings. The van der Waals surface area contributed by atoms with Crippen LogP contribution in [0.5, 0.6) is 0 Å². The maximum Gasteiger partial charge on any atom is 0.230 e. The SMILES string of the molecule is CC/C=C\C=C/CC.COC1=CC(C(=O)N2CCC3(CC2)N/C=C/C(OC)=C\C=C\n2cccc23)CC(OC)=C1. The molecule has 0 aromatic carbocycles. The number of fused-ring (bicyclic) bond motifs is 2. The third-order valence-corrected chi connectivity index (χ3v) is 7.31. The van der Waals surface area contributed by atoms with Crippen LogP contribution < -0.4 is 5.32 Å². The first kappa shape index (κ1) is 30.7. The van der Waals surface area contributed by atoms with Gasteiger partial charge in [0.15, 0.2) is 0 Å². The Labute approximate surface area is 239 Å². The van der Waals surface area contributed by atoms with Crippen LogP contribution in [0.1, 0.15) is 51.6 Å². The van der Waals surface area contributed by atoms with E-state index in [9.17, 15) is 4.79 Å². The van der Waals surface area contributed by atoms with Crippen LogP contribution in [-0.4, -0.2) is 49.8 Å². The molecular weight excluding hydrogens is 502 g/mol. The molecule has 7 nitrogen and oxygen atoms in total. The number of likely N-dealkylation sites (tertiary alicyclic amines) is 1. The largest absolute Gasteiger partial charge is 0.501 e. The van der Waals surface area contributed by atoms with E-state index >= 15 is 0 Å². The lowest BCUT2D eigenvalue weighted by Gasteiger charge is -2.43. The zero-order chi connectivity index (χ0) is 28.8. The van der Waals surface area contributed by atoms with Crippen molar-refractivity contribution in [1.29, 1.82) is 0 Å². The molecule has 1 N–H and O–H groups in total. The Hall–Kier alpha value is -3.87. The average Bonchev–Trinajstić information content (AvgIpc) is 3.48. The lowest BCUT2D eigenvalue weighted by Crippen LogP contribution is -2.52. The fourth-order valence-electron chi connectivity index (χ4n) is 5.05. The number of allylic oxidation sites excluding steroid dienone is 9. The number of hydrogen-bond donors (Lipinski definition) is 1. The first-order valence-corrected chi connectivity index (χ1v) is 14.1. The molecule has 1 amide bonds. The van der Waals surface area contributed by atoms with Gasteiger partial charge in [0, 0.05) is 49.9 Å². The summed E-state index contributed by atoms with van der Waals surface area (Å²) in [5.74, 6) is 2.06. The van der Waals surface area contributed by atoms with Gasteiger partial charge in [-0.2, -0.15) is 0 Å². The van der Waals surface area contributed by atoms with Crippen LogP contribution in [0, 0.1) is 5.92 Å². The summed E-state index contributed by atoms with van der Waals surface area (Å²) < 4.78 is 18.3. The van der Waals surface area contributed by atoms with Gasteiger partial charge in [0.05, 0.1) is 32.8 Å². The van der Waals surface area contributed by atoms with E-state index in [1.165, 1.54) is 5.69 Å². The van der Waals surface area contributed by atoms with E-state index in [0.717, 1.165) is 37.2 Å². The van der Waals surface area contributed by atoms with E-state index < -0.39 is 0 Å². The van der Waals surface area contributed by atoms with Crippen molar-refractivity contribution in [2.75, 3.05) is 34.4 Å². The van der Waals surface area contributed by atoms with Crippen molar-refractivity contribution in [1.82, 2.24) is 14.8 Å². The molecule has 1 unspecified atom stereocenters. The van der Waals surface area contributed by atoms with Gasteiger partial charge in [-0.05, 0) is 62.1 Å². The predicted octanol–water partition coefficient (Wildman–Crippen LogP) is 6.42. The van der Waals surface area contributed by atoms with Gasteiger partial charge in [0.25, 0.3) is 0 Å². The predicted molar refractivity (Wildman–Crippen MR) is 162 cm³/mol. The van der Waals surface area contributed by atoms with Gasteiger partial charge in [0.2, 0.25) is 5.91 Å². The molecular formula is C33H45N3O4. The maximum atomic E-state index is 13.3. The van der Waals surface area contributed by atoms with Crippen molar-refractivity contribution in [3.05, 3.63) is 102 Å². The summed E-state index contributed by atoms with van der Waals surface area (Å²) in [5, 5.41) is 3.63. The number of aromatic nitrogens is 1. The van der Waals surface area contributed by atoms with Crippen LogP contribution in [0.25, 0.3) is 6.20 Å². The van der Waals surface area contributed by atoms with Crippen LogP contribution in [-0.2, 0) is 24.5 Å². The monoisotopic (exact) mass is 547 g/mol. The van der Waals surface area contributed by atoms with Gasteiger partial charge in [0.1, 0.15) is 17.3 Å². The number of piperidine rings is 1. The van der Waals surface area contributed by atoms with E-state index in [1.807, 2.05) is 47.7 Å². The van der Waals surface area contributed by atoms with Crippen molar-refractivity contribution in [2.24, 2.45) is 5.92 Å². The molecule has 0 saturated carbocycles. The average molecular weight is 548 g/mol. The Morgan fingerprint density at radius 2 is 1.75 bits per heavy atom. The Balaban J connectivity index is 0.000000482. The molecule has 1 aliphatic carbocycles. The molecule has 1 fully saturated rings. The van der Waals surface area contributed by atoms with Crippen molar-refractivity contribution in [3.63, 3.8) is 0 Å². The maximum absolute atomic E-state index is 13.3. The van der Waals surface area contributed by atoms with Gasteiger partial charge in [-0.3, -0.25) is 4.79 Å².